The molecule has 5 rings (SSSR count). The summed E-state index contributed by atoms with van der Waals surface area (Å²) in [6.45, 7) is 0.0650. The third-order valence-corrected chi connectivity index (χ3v) is 7.62. The van der Waals surface area contributed by atoms with Crippen LogP contribution in [0.4, 0.5) is 4.39 Å². The second-order valence-electron chi connectivity index (χ2n) is 8.07. The van der Waals surface area contributed by atoms with Crippen LogP contribution in [0.5, 0.6) is 0 Å². The minimum Gasteiger partial charge on any atom is -0.394 e. The van der Waals surface area contributed by atoms with Crippen molar-refractivity contribution in [1.29, 1.82) is 0 Å². The van der Waals surface area contributed by atoms with Gasteiger partial charge in [0, 0.05) is 10.5 Å². The largest absolute Gasteiger partial charge is 0.394 e. The van der Waals surface area contributed by atoms with E-state index in [2.05, 4.69) is 10.3 Å². The van der Waals surface area contributed by atoms with Gasteiger partial charge in [-0.05, 0) is 42.0 Å². The first-order chi connectivity index (χ1) is 16.3. The highest BCUT2D eigenvalue weighted by atomic mass is 35.5. The fraction of sp³-hybridized carbons (Fsp3) is 0.364. The van der Waals surface area contributed by atoms with Crippen molar-refractivity contribution in [2.75, 3.05) is 13.2 Å². The molecule has 3 N–H and O–H groups in total. The van der Waals surface area contributed by atoms with Crippen LogP contribution in [-0.4, -0.2) is 67.3 Å². The summed E-state index contributed by atoms with van der Waals surface area (Å²) in [4.78, 5) is 0.680. The van der Waals surface area contributed by atoms with E-state index in [1.165, 1.54) is 34.8 Å². The van der Waals surface area contributed by atoms with E-state index in [4.69, 9.17) is 32.7 Å². The number of aromatic nitrogens is 3. The summed E-state index contributed by atoms with van der Waals surface area (Å²) in [5.41, 5.74) is 0.701. The number of epoxide rings is 1. The number of aliphatic hydroxyl groups excluding tert-OH is 3. The maximum Gasteiger partial charge on any atom is 0.136 e. The molecule has 1 unspecified atom stereocenters. The van der Waals surface area contributed by atoms with Crippen LogP contribution in [-0.2, 0) is 9.47 Å². The number of rotatable bonds is 6. The average Bonchev–Trinajstić information content (AvgIpc) is 3.55. The molecular weight excluding hydrogens is 508 g/mol. The molecule has 0 saturated carbocycles. The Hall–Kier alpha value is -1.76. The van der Waals surface area contributed by atoms with Crippen molar-refractivity contribution in [2.24, 2.45) is 0 Å². The van der Waals surface area contributed by atoms with Crippen molar-refractivity contribution in [3.05, 3.63) is 64.0 Å². The zero-order valence-electron chi connectivity index (χ0n) is 17.5. The predicted molar refractivity (Wildman–Crippen MR) is 123 cm³/mol. The van der Waals surface area contributed by atoms with E-state index in [9.17, 15) is 19.7 Å². The number of ether oxygens (including phenoxy) is 2. The Bertz CT molecular complexity index is 1200. The van der Waals surface area contributed by atoms with E-state index in [1.807, 2.05) is 0 Å². The summed E-state index contributed by atoms with van der Waals surface area (Å²) in [5, 5.41) is 40.6. The van der Waals surface area contributed by atoms with Gasteiger partial charge in [0.1, 0.15) is 47.4 Å². The van der Waals surface area contributed by atoms with Crippen molar-refractivity contribution < 1.29 is 29.2 Å². The summed E-state index contributed by atoms with van der Waals surface area (Å²) < 4.78 is 26.4. The van der Waals surface area contributed by atoms with Crippen molar-refractivity contribution in [1.82, 2.24) is 15.0 Å². The van der Waals surface area contributed by atoms with Gasteiger partial charge in [0.15, 0.2) is 0 Å². The quantitative estimate of drug-likeness (QED) is 0.418. The zero-order valence-corrected chi connectivity index (χ0v) is 19.8. The minimum atomic E-state index is -1.27. The molecule has 2 aliphatic heterocycles. The molecule has 0 aliphatic carbocycles. The van der Waals surface area contributed by atoms with Gasteiger partial charge in [-0.2, -0.15) is 0 Å². The number of aliphatic hydroxyl groups is 3. The summed E-state index contributed by atoms with van der Waals surface area (Å²) in [6, 6.07) is 8.52. The summed E-state index contributed by atoms with van der Waals surface area (Å²) in [5.74, 6) is -0.429. The molecule has 6 atom stereocenters. The molecule has 0 radical (unpaired) electrons. The smallest absolute Gasteiger partial charge is 0.136 e. The molecule has 0 amide bonds. The van der Waals surface area contributed by atoms with E-state index in [0.717, 1.165) is 0 Å². The molecule has 34 heavy (non-hydrogen) atoms. The van der Waals surface area contributed by atoms with Crippen molar-refractivity contribution in [2.45, 2.75) is 40.8 Å². The Morgan fingerprint density at radius 2 is 1.91 bits per heavy atom. The summed E-state index contributed by atoms with van der Waals surface area (Å²) in [6.07, 6.45) is -2.09. The molecule has 12 heteroatoms. The van der Waals surface area contributed by atoms with Crippen LogP contribution < -0.4 is 0 Å². The van der Waals surface area contributed by atoms with Gasteiger partial charge < -0.3 is 24.8 Å². The molecule has 3 aromatic rings. The molecule has 3 heterocycles. The van der Waals surface area contributed by atoms with Crippen LogP contribution in [0.25, 0.3) is 11.3 Å². The molecule has 2 saturated heterocycles. The van der Waals surface area contributed by atoms with Crippen LogP contribution in [0.15, 0.2) is 47.5 Å². The van der Waals surface area contributed by atoms with Gasteiger partial charge >= 0.3 is 0 Å². The lowest BCUT2D eigenvalue weighted by Crippen LogP contribution is -2.55. The molecule has 2 fully saturated rings. The number of hydrogen-bond donors (Lipinski definition) is 3. The second-order valence-corrected chi connectivity index (χ2v) is 10.1. The van der Waals surface area contributed by atoms with Gasteiger partial charge in [-0.3, -0.25) is 0 Å². The molecule has 0 spiro atoms. The minimum absolute atomic E-state index is 0.131. The molecule has 1 aromatic heterocycles. The van der Waals surface area contributed by atoms with E-state index in [1.54, 1.807) is 24.3 Å². The monoisotopic (exact) mass is 527 g/mol. The average molecular weight is 528 g/mol. The third kappa shape index (κ3) is 4.82. The van der Waals surface area contributed by atoms with Crippen molar-refractivity contribution in [3.63, 3.8) is 0 Å². The summed E-state index contributed by atoms with van der Waals surface area (Å²) in [7, 11) is 0. The Balaban J connectivity index is 1.42. The van der Waals surface area contributed by atoms with E-state index in [0.29, 0.717) is 38.4 Å². The lowest BCUT2D eigenvalue weighted by atomic mass is 9.97. The normalized spacial score (nSPS) is 28.8. The van der Waals surface area contributed by atoms with Gasteiger partial charge in [-0.1, -0.05) is 40.2 Å². The van der Waals surface area contributed by atoms with Crippen LogP contribution in [0, 0.1) is 5.82 Å². The molecule has 0 bridgehead atoms. The number of nitrogens with zero attached hydrogens (tertiary/aromatic N) is 3. The maximum atomic E-state index is 14.1. The Morgan fingerprint density at radius 1 is 1.12 bits per heavy atom. The highest BCUT2D eigenvalue weighted by Gasteiger charge is 2.46. The van der Waals surface area contributed by atoms with Crippen molar-refractivity contribution >= 4 is 35.0 Å². The topological polar surface area (TPSA) is 113 Å². The Labute approximate surface area is 208 Å². The lowest BCUT2D eigenvalue weighted by Gasteiger charge is -2.41. The summed E-state index contributed by atoms with van der Waals surface area (Å²) >= 11 is 13.2. The highest BCUT2D eigenvalue weighted by Crippen LogP contribution is 2.40. The van der Waals surface area contributed by atoms with Gasteiger partial charge in [-0.25, -0.2) is 9.07 Å². The number of benzene rings is 2. The van der Waals surface area contributed by atoms with Crippen LogP contribution in [0.3, 0.4) is 0 Å². The van der Waals surface area contributed by atoms with Gasteiger partial charge in [0.05, 0.1) is 29.5 Å². The SMILES string of the molecule is OC[C@H]1O[C@@H](Sc2ccc(Cl)c(Cl)c2)[C@H](O)[C@@H](n2cc(-c3cc(F)cc(C4CO4)c3)nn2)[C@H]1O. The van der Waals surface area contributed by atoms with Gasteiger partial charge in [-0.15, -0.1) is 5.10 Å². The van der Waals surface area contributed by atoms with Crippen LogP contribution in [0.1, 0.15) is 17.7 Å². The lowest BCUT2D eigenvalue weighted by molar-refractivity contribution is -0.178. The highest BCUT2D eigenvalue weighted by molar-refractivity contribution is 7.99. The maximum absolute atomic E-state index is 14.1. The standard InChI is InChI=1S/C22H20Cl2FN3O5S/c23-14-2-1-13(6-15(14)24)34-22-21(31)19(20(30)17(8-29)33-22)28-7-16(26-27-28)10-3-11(18-9-32-18)5-12(25)4-10/h1-7,17-22,29-31H,8-9H2/t17-,18?,19+,20+,21-,22+/m1/s1. The number of halogens is 3. The molecule has 8 nitrogen and oxygen atoms in total. The zero-order chi connectivity index (χ0) is 24.0. The van der Waals surface area contributed by atoms with Crippen LogP contribution >= 0.6 is 35.0 Å². The number of thioether (sulfide) groups is 1. The van der Waals surface area contributed by atoms with Crippen LogP contribution in [0.2, 0.25) is 10.0 Å². The fourth-order valence-corrected chi connectivity index (χ4v) is 5.37. The third-order valence-electron chi connectivity index (χ3n) is 5.73. The van der Waals surface area contributed by atoms with Gasteiger partial charge in [0.25, 0.3) is 0 Å². The Morgan fingerprint density at radius 3 is 2.62 bits per heavy atom. The first kappa shape index (κ1) is 24.0. The first-order valence-corrected chi connectivity index (χ1v) is 12.1. The second kappa shape index (κ2) is 9.71. The predicted octanol–water partition coefficient (Wildman–Crippen LogP) is 3.23. The van der Waals surface area contributed by atoms with Gasteiger partial charge in [0.2, 0.25) is 0 Å². The fourth-order valence-electron chi connectivity index (χ4n) is 3.90. The van der Waals surface area contributed by atoms with E-state index >= 15 is 0 Å². The Kier molecular flexibility index (Phi) is 6.84. The van der Waals surface area contributed by atoms with E-state index < -0.39 is 42.2 Å². The molecule has 2 aromatic carbocycles. The van der Waals surface area contributed by atoms with Crippen molar-refractivity contribution in [3.8, 4) is 11.3 Å². The first-order valence-electron chi connectivity index (χ1n) is 10.4. The molecule has 180 valence electrons. The molecular formula is C22H20Cl2FN3O5S. The molecule has 2 aliphatic rings. The van der Waals surface area contributed by atoms with E-state index in [-0.39, 0.29) is 6.10 Å². The number of hydrogen-bond acceptors (Lipinski definition) is 8.